The molecule has 5 nitrogen and oxygen atoms in total. The lowest BCUT2D eigenvalue weighted by molar-refractivity contribution is -0.120. The summed E-state index contributed by atoms with van der Waals surface area (Å²) in [7, 11) is 0. The van der Waals surface area contributed by atoms with Crippen molar-refractivity contribution in [3.63, 3.8) is 0 Å². The minimum absolute atomic E-state index is 0.246. The van der Waals surface area contributed by atoms with Gasteiger partial charge in [-0.3, -0.25) is 9.00 Å². The number of nitrogens with one attached hydrogen (secondary N) is 2. The summed E-state index contributed by atoms with van der Waals surface area (Å²) in [4.78, 5) is 10.7. The van der Waals surface area contributed by atoms with Gasteiger partial charge in [0.2, 0.25) is 5.91 Å². The third kappa shape index (κ3) is 1.76. The Morgan fingerprint density at radius 1 is 1.80 bits per heavy atom. The molecule has 2 atom stereocenters. The predicted molar refractivity (Wildman–Crippen MR) is 33.5 cm³/mol. The molecule has 0 aliphatic carbocycles. The lowest BCUT2D eigenvalue weighted by Gasteiger charge is -2.10. The molecular formula is C4H7N2O3S-. The van der Waals surface area contributed by atoms with E-state index in [4.69, 9.17) is 0 Å². The van der Waals surface area contributed by atoms with Gasteiger partial charge in [-0.15, -0.1) is 0 Å². The van der Waals surface area contributed by atoms with Gasteiger partial charge in [0.25, 0.3) is 0 Å². The smallest absolute Gasteiger partial charge is 0.238 e. The Bertz CT molecular complexity index is 172. The third-order valence-electron chi connectivity index (χ3n) is 1.29. The van der Waals surface area contributed by atoms with Gasteiger partial charge >= 0.3 is 0 Å². The average molecular weight is 163 g/mol. The predicted octanol–water partition coefficient (Wildman–Crippen LogP) is -1.74. The highest BCUT2D eigenvalue weighted by Crippen LogP contribution is 1.98. The molecule has 2 N–H and O–H groups in total. The first-order valence-corrected chi connectivity index (χ1v) is 3.91. The lowest BCUT2D eigenvalue weighted by atomic mass is 10.3. The molecule has 0 bridgehead atoms. The van der Waals surface area contributed by atoms with E-state index in [1.807, 2.05) is 0 Å². The number of hydrogen-bond acceptors (Lipinski definition) is 3. The zero-order valence-electron chi connectivity index (χ0n) is 5.12. The van der Waals surface area contributed by atoms with Gasteiger partial charge in [0.15, 0.2) is 0 Å². The average Bonchev–Trinajstić information content (AvgIpc) is 2.15. The maximum atomic E-state index is 10.7. The Hall–Kier alpha value is -0.460. The number of carbonyl (C=O) groups excluding carboxylic acids is 1. The van der Waals surface area contributed by atoms with Gasteiger partial charge in [0.1, 0.15) is 0 Å². The Morgan fingerprint density at radius 2 is 2.50 bits per heavy atom. The summed E-state index contributed by atoms with van der Waals surface area (Å²) in [6.45, 7) is 0.549. The molecule has 1 aliphatic heterocycles. The fourth-order valence-corrected chi connectivity index (χ4v) is 1.28. The maximum Gasteiger partial charge on any atom is 0.238 e. The van der Waals surface area contributed by atoms with Crippen molar-refractivity contribution in [1.82, 2.24) is 10.0 Å². The maximum absolute atomic E-state index is 10.7. The van der Waals surface area contributed by atoms with Crippen molar-refractivity contribution in [2.24, 2.45) is 0 Å². The first kappa shape index (κ1) is 7.64. The van der Waals surface area contributed by atoms with Crippen LogP contribution in [-0.4, -0.2) is 27.3 Å². The monoisotopic (exact) mass is 163 g/mol. The fourth-order valence-electron chi connectivity index (χ4n) is 0.823. The van der Waals surface area contributed by atoms with E-state index in [1.165, 1.54) is 0 Å². The molecule has 2 unspecified atom stereocenters. The first-order valence-electron chi connectivity index (χ1n) is 2.83. The van der Waals surface area contributed by atoms with Crippen LogP contribution >= 0.6 is 0 Å². The van der Waals surface area contributed by atoms with Crippen molar-refractivity contribution < 1.29 is 13.6 Å². The molecule has 0 aromatic carbocycles. The van der Waals surface area contributed by atoms with Crippen molar-refractivity contribution in [2.45, 2.75) is 12.5 Å². The van der Waals surface area contributed by atoms with E-state index in [9.17, 15) is 13.6 Å². The van der Waals surface area contributed by atoms with Crippen LogP contribution in [0.5, 0.6) is 0 Å². The Labute approximate surface area is 60.6 Å². The SMILES string of the molecule is O=C1NCCC1NS(=O)[O-]. The van der Waals surface area contributed by atoms with Gasteiger partial charge in [-0.25, -0.2) is 4.72 Å². The van der Waals surface area contributed by atoms with Gasteiger partial charge in [-0.2, -0.15) is 0 Å². The molecule has 0 saturated carbocycles. The Balaban J connectivity index is 2.40. The van der Waals surface area contributed by atoms with Crippen LogP contribution in [0.3, 0.4) is 0 Å². The molecule has 1 heterocycles. The molecule has 0 radical (unpaired) electrons. The van der Waals surface area contributed by atoms with Crippen LogP contribution in [0.2, 0.25) is 0 Å². The molecule has 10 heavy (non-hydrogen) atoms. The molecule has 0 aromatic rings. The molecule has 1 saturated heterocycles. The molecule has 0 aromatic heterocycles. The van der Waals surface area contributed by atoms with E-state index in [0.717, 1.165) is 0 Å². The lowest BCUT2D eigenvalue weighted by Crippen LogP contribution is -2.37. The van der Waals surface area contributed by atoms with Gasteiger partial charge in [0, 0.05) is 17.8 Å². The largest absolute Gasteiger partial charge is 0.760 e. The second kappa shape index (κ2) is 3.09. The van der Waals surface area contributed by atoms with Crippen molar-refractivity contribution in [3.8, 4) is 0 Å². The number of hydrogen-bond donors (Lipinski definition) is 2. The van der Waals surface area contributed by atoms with Gasteiger partial charge in [-0.1, -0.05) is 0 Å². The van der Waals surface area contributed by atoms with E-state index >= 15 is 0 Å². The standard InChI is InChI=1S/C4H8N2O3S/c7-4-3(1-2-5-4)6-10(8)9/h3,6H,1-2H2,(H,5,7)(H,8,9)/p-1. The summed E-state index contributed by atoms with van der Waals surface area (Å²) in [6, 6.07) is -0.557. The highest BCUT2D eigenvalue weighted by Gasteiger charge is 2.23. The van der Waals surface area contributed by atoms with Crippen molar-refractivity contribution >= 4 is 17.2 Å². The summed E-state index contributed by atoms with van der Waals surface area (Å²) in [6.07, 6.45) is 0.535. The Kier molecular flexibility index (Phi) is 2.36. The highest BCUT2D eigenvalue weighted by atomic mass is 32.2. The van der Waals surface area contributed by atoms with Gasteiger partial charge < -0.3 is 9.87 Å². The van der Waals surface area contributed by atoms with Crippen molar-refractivity contribution in [2.75, 3.05) is 6.54 Å². The molecule has 1 aliphatic rings. The van der Waals surface area contributed by atoms with E-state index in [2.05, 4.69) is 10.0 Å². The Morgan fingerprint density at radius 3 is 2.90 bits per heavy atom. The quantitative estimate of drug-likeness (QED) is 0.474. The molecule has 1 amide bonds. The molecule has 58 valence electrons. The van der Waals surface area contributed by atoms with Crippen LogP contribution in [0.15, 0.2) is 0 Å². The van der Waals surface area contributed by atoms with Crippen LogP contribution in [0.4, 0.5) is 0 Å². The zero-order chi connectivity index (χ0) is 7.56. The summed E-state index contributed by atoms with van der Waals surface area (Å²) in [5, 5.41) is 2.50. The van der Waals surface area contributed by atoms with E-state index in [-0.39, 0.29) is 5.91 Å². The molecule has 1 fully saturated rings. The molecule has 6 heteroatoms. The third-order valence-corrected chi connectivity index (χ3v) is 1.76. The summed E-state index contributed by atoms with van der Waals surface area (Å²) >= 11 is -2.34. The minimum atomic E-state index is -2.34. The van der Waals surface area contributed by atoms with Crippen LogP contribution < -0.4 is 10.0 Å². The number of rotatable bonds is 2. The van der Waals surface area contributed by atoms with Crippen LogP contribution in [0.25, 0.3) is 0 Å². The number of amides is 1. The summed E-state index contributed by atoms with van der Waals surface area (Å²) in [5.41, 5.74) is 0. The topological polar surface area (TPSA) is 81.3 Å². The fraction of sp³-hybridized carbons (Fsp3) is 0.750. The van der Waals surface area contributed by atoms with Crippen LogP contribution in [0, 0.1) is 0 Å². The van der Waals surface area contributed by atoms with Gasteiger partial charge in [-0.05, 0) is 6.42 Å². The zero-order valence-corrected chi connectivity index (χ0v) is 5.94. The minimum Gasteiger partial charge on any atom is -0.760 e. The summed E-state index contributed by atoms with van der Waals surface area (Å²) < 4.78 is 22.1. The summed E-state index contributed by atoms with van der Waals surface area (Å²) in [5.74, 6) is -0.246. The van der Waals surface area contributed by atoms with Crippen LogP contribution in [-0.2, 0) is 16.1 Å². The van der Waals surface area contributed by atoms with Crippen molar-refractivity contribution in [3.05, 3.63) is 0 Å². The number of carbonyl (C=O) groups is 1. The highest BCUT2D eigenvalue weighted by molar-refractivity contribution is 7.77. The van der Waals surface area contributed by atoms with E-state index in [1.54, 1.807) is 0 Å². The van der Waals surface area contributed by atoms with E-state index < -0.39 is 17.3 Å². The molecule has 0 spiro atoms. The second-order valence-electron chi connectivity index (χ2n) is 1.98. The van der Waals surface area contributed by atoms with Gasteiger partial charge in [0.05, 0.1) is 6.04 Å². The normalized spacial score (nSPS) is 28.1. The van der Waals surface area contributed by atoms with Crippen molar-refractivity contribution in [1.29, 1.82) is 0 Å². The first-order chi connectivity index (χ1) is 4.70. The second-order valence-corrected chi connectivity index (χ2v) is 2.69. The molecular weight excluding hydrogens is 156 g/mol. The van der Waals surface area contributed by atoms with Crippen LogP contribution in [0.1, 0.15) is 6.42 Å². The van der Waals surface area contributed by atoms with E-state index in [0.29, 0.717) is 13.0 Å². The molecule has 1 rings (SSSR count).